The Morgan fingerprint density at radius 2 is 1.04 bits per heavy atom. The molecule has 4 aromatic heterocycles. The van der Waals surface area contributed by atoms with Crippen molar-refractivity contribution in [3.05, 3.63) is 158 Å². The molecule has 0 aliphatic heterocycles. The number of benzene rings is 8. The SMILES string of the molecule is c1ccc(-c2nc3c(ccc4sc5ccc6ccc(-c7nc(-c8ccc9ccccc9c8)nc(-c8cccc9sc%10ccccc%10c89)n7)cc6c5c43)o2)cc1. The Balaban J connectivity index is 1.11. The average Bonchev–Trinajstić information content (AvgIpc) is 3.97. The number of hydrogen-bond acceptors (Lipinski definition) is 7. The molecule has 256 valence electrons. The zero-order valence-electron chi connectivity index (χ0n) is 29.0. The maximum absolute atomic E-state index is 6.34. The first-order valence-corrected chi connectivity index (χ1v) is 19.8. The Labute approximate surface area is 321 Å². The van der Waals surface area contributed by atoms with Gasteiger partial charge in [0, 0.05) is 62.6 Å². The van der Waals surface area contributed by atoms with Crippen molar-refractivity contribution < 1.29 is 4.42 Å². The predicted octanol–water partition coefficient (Wildman–Crippen LogP) is 13.7. The van der Waals surface area contributed by atoms with E-state index >= 15 is 0 Å². The summed E-state index contributed by atoms with van der Waals surface area (Å²) in [6.07, 6.45) is 0. The molecule has 0 aliphatic rings. The molecule has 55 heavy (non-hydrogen) atoms. The Kier molecular flexibility index (Phi) is 6.60. The van der Waals surface area contributed by atoms with Crippen LogP contribution in [0, 0.1) is 0 Å². The fourth-order valence-corrected chi connectivity index (χ4v) is 10.2. The third-order valence-corrected chi connectivity index (χ3v) is 12.8. The van der Waals surface area contributed by atoms with Gasteiger partial charge >= 0.3 is 0 Å². The Morgan fingerprint density at radius 1 is 0.382 bits per heavy atom. The summed E-state index contributed by atoms with van der Waals surface area (Å²) in [5.74, 6) is 2.54. The minimum Gasteiger partial charge on any atom is -0.436 e. The summed E-state index contributed by atoms with van der Waals surface area (Å²) >= 11 is 3.58. The number of nitrogens with zero attached hydrogens (tertiary/aromatic N) is 4. The van der Waals surface area contributed by atoms with E-state index in [0.29, 0.717) is 23.4 Å². The van der Waals surface area contributed by atoms with Gasteiger partial charge in [0.25, 0.3) is 0 Å². The second kappa shape index (κ2) is 11.9. The first-order chi connectivity index (χ1) is 27.2. The number of hydrogen-bond donors (Lipinski definition) is 0. The van der Waals surface area contributed by atoms with Gasteiger partial charge in [0.1, 0.15) is 5.52 Å². The summed E-state index contributed by atoms with van der Waals surface area (Å²) in [5, 5.41) is 9.22. The van der Waals surface area contributed by atoms with Crippen LogP contribution in [-0.4, -0.2) is 19.9 Å². The molecule has 0 N–H and O–H groups in total. The number of oxazole rings is 1. The summed E-state index contributed by atoms with van der Waals surface area (Å²) < 4.78 is 11.2. The van der Waals surface area contributed by atoms with Gasteiger partial charge in [0.05, 0.1) is 0 Å². The molecule has 0 amide bonds. The minimum atomic E-state index is 0.621. The zero-order valence-corrected chi connectivity index (χ0v) is 30.7. The molecule has 0 fully saturated rings. The van der Waals surface area contributed by atoms with Crippen LogP contribution in [0.15, 0.2) is 162 Å². The van der Waals surface area contributed by atoms with Gasteiger partial charge in [-0.05, 0) is 76.1 Å². The van der Waals surface area contributed by atoms with E-state index in [1.165, 1.54) is 35.0 Å². The van der Waals surface area contributed by atoms with Crippen LogP contribution in [0.1, 0.15) is 0 Å². The first kappa shape index (κ1) is 30.6. The van der Waals surface area contributed by atoms with Crippen LogP contribution in [-0.2, 0) is 0 Å². The molecule has 12 rings (SSSR count). The molecule has 0 spiro atoms. The minimum absolute atomic E-state index is 0.621. The topological polar surface area (TPSA) is 64.7 Å². The van der Waals surface area contributed by atoms with Crippen LogP contribution < -0.4 is 0 Å². The Hall–Kier alpha value is -6.80. The molecule has 0 aliphatic carbocycles. The van der Waals surface area contributed by atoms with E-state index in [1.54, 1.807) is 22.7 Å². The quantitative estimate of drug-likeness (QED) is 0.180. The molecular formula is C48H26N4OS2. The number of aromatic nitrogens is 4. The standard InChI is InChI=1S/C48H26N4OS2/c1-2-10-29(11-3-1)48-49-44-36(53-48)22-24-40-43(44)42-35-26-32(20-18-28(35)21-23-39(42)55-40)46-50-45(31-19-17-27-9-4-5-12-30(27)25-31)51-47(52-46)34-14-8-16-38-41(34)33-13-6-7-15-37(33)54-38/h1-26H. The van der Waals surface area contributed by atoms with Crippen molar-refractivity contribution in [3.63, 3.8) is 0 Å². The average molecular weight is 739 g/mol. The molecule has 0 saturated heterocycles. The van der Waals surface area contributed by atoms with E-state index in [-0.39, 0.29) is 0 Å². The highest BCUT2D eigenvalue weighted by Crippen LogP contribution is 2.44. The molecule has 12 aromatic rings. The van der Waals surface area contributed by atoms with Gasteiger partial charge in [-0.2, -0.15) is 0 Å². The largest absolute Gasteiger partial charge is 0.436 e. The fraction of sp³-hybridized carbons (Fsp3) is 0. The summed E-state index contributed by atoms with van der Waals surface area (Å²) in [6.45, 7) is 0. The molecule has 0 atom stereocenters. The number of thiophene rings is 2. The van der Waals surface area contributed by atoms with Gasteiger partial charge in [0.15, 0.2) is 23.1 Å². The van der Waals surface area contributed by atoms with Crippen LogP contribution in [0.3, 0.4) is 0 Å². The van der Waals surface area contributed by atoms with Gasteiger partial charge < -0.3 is 4.42 Å². The highest BCUT2D eigenvalue weighted by atomic mass is 32.1. The molecule has 0 unspecified atom stereocenters. The molecule has 8 aromatic carbocycles. The normalized spacial score (nSPS) is 12.0. The second-order valence-corrected chi connectivity index (χ2v) is 16.0. The highest BCUT2D eigenvalue weighted by molar-refractivity contribution is 7.26. The zero-order chi connectivity index (χ0) is 36.0. The lowest BCUT2D eigenvalue weighted by Gasteiger charge is -2.11. The number of fused-ring (bicyclic) bond motifs is 11. The van der Waals surface area contributed by atoms with Crippen molar-refractivity contribution in [2.24, 2.45) is 0 Å². The van der Waals surface area contributed by atoms with E-state index < -0.39 is 0 Å². The lowest BCUT2D eigenvalue weighted by Crippen LogP contribution is -2.00. The third-order valence-electron chi connectivity index (χ3n) is 10.5. The third kappa shape index (κ3) is 4.84. The fourth-order valence-electron chi connectivity index (χ4n) is 7.95. The van der Waals surface area contributed by atoms with E-state index in [4.69, 9.17) is 24.4 Å². The smallest absolute Gasteiger partial charge is 0.227 e. The Morgan fingerprint density at radius 3 is 1.93 bits per heavy atom. The maximum atomic E-state index is 6.34. The van der Waals surface area contributed by atoms with Crippen LogP contribution >= 0.6 is 22.7 Å². The van der Waals surface area contributed by atoms with E-state index in [1.807, 2.05) is 36.4 Å². The van der Waals surface area contributed by atoms with E-state index in [0.717, 1.165) is 60.3 Å². The molecule has 4 heterocycles. The highest BCUT2D eigenvalue weighted by Gasteiger charge is 2.20. The van der Waals surface area contributed by atoms with Crippen LogP contribution in [0.4, 0.5) is 0 Å². The first-order valence-electron chi connectivity index (χ1n) is 18.1. The van der Waals surface area contributed by atoms with Crippen LogP contribution in [0.2, 0.25) is 0 Å². The monoisotopic (exact) mass is 738 g/mol. The summed E-state index contributed by atoms with van der Waals surface area (Å²) in [4.78, 5) is 20.8. The lowest BCUT2D eigenvalue weighted by molar-refractivity contribution is 0.620. The molecule has 0 radical (unpaired) electrons. The van der Waals surface area contributed by atoms with Gasteiger partial charge in [-0.25, -0.2) is 19.9 Å². The van der Waals surface area contributed by atoms with Gasteiger partial charge in [-0.15, -0.1) is 22.7 Å². The molecule has 7 heteroatoms. The van der Waals surface area contributed by atoms with Gasteiger partial charge in [-0.3, -0.25) is 0 Å². The van der Waals surface area contributed by atoms with E-state index in [9.17, 15) is 0 Å². The van der Waals surface area contributed by atoms with Gasteiger partial charge in [-0.1, -0.05) is 103 Å². The van der Waals surface area contributed by atoms with Crippen molar-refractivity contribution in [1.82, 2.24) is 19.9 Å². The lowest BCUT2D eigenvalue weighted by atomic mass is 10.0. The molecule has 0 bridgehead atoms. The van der Waals surface area contributed by atoms with Crippen LogP contribution in [0.5, 0.6) is 0 Å². The van der Waals surface area contributed by atoms with Crippen molar-refractivity contribution in [2.75, 3.05) is 0 Å². The molecule has 0 saturated carbocycles. The Bertz CT molecular complexity index is 3510. The predicted molar refractivity (Wildman–Crippen MR) is 230 cm³/mol. The molecule has 5 nitrogen and oxygen atoms in total. The van der Waals surface area contributed by atoms with Gasteiger partial charge in [0.2, 0.25) is 5.89 Å². The molecular weight excluding hydrogens is 713 g/mol. The van der Waals surface area contributed by atoms with Crippen molar-refractivity contribution in [1.29, 1.82) is 0 Å². The van der Waals surface area contributed by atoms with E-state index in [2.05, 4.69) is 121 Å². The van der Waals surface area contributed by atoms with Crippen molar-refractivity contribution >= 4 is 95.7 Å². The summed E-state index contributed by atoms with van der Waals surface area (Å²) in [7, 11) is 0. The van der Waals surface area contributed by atoms with Crippen LogP contribution in [0.25, 0.3) is 119 Å². The maximum Gasteiger partial charge on any atom is 0.227 e. The summed E-state index contributed by atoms with van der Waals surface area (Å²) in [6, 6.07) is 55.1. The number of rotatable bonds is 4. The van der Waals surface area contributed by atoms with Crippen molar-refractivity contribution in [2.45, 2.75) is 0 Å². The van der Waals surface area contributed by atoms with Crippen molar-refractivity contribution in [3.8, 4) is 45.6 Å². The second-order valence-electron chi connectivity index (χ2n) is 13.8. The summed E-state index contributed by atoms with van der Waals surface area (Å²) in [5.41, 5.74) is 5.47.